The summed E-state index contributed by atoms with van der Waals surface area (Å²) in [5, 5.41) is 0. The number of hydrogen-bond acceptors (Lipinski definition) is 2. The first-order valence-electron chi connectivity index (χ1n) is 6.74. The van der Waals surface area contributed by atoms with E-state index in [0.717, 1.165) is 18.2 Å². The van der Waals surface area contributed by atoms with Crippen molar-refractivity contribution in [3.05, 3.63) is 35.4 Å². The highest BCUT2D eigenvalue weighted by molar-refractivity contribution is 5.78. The lowest BCUT2D eigenvalue weighted by Gasteiger charge is -2.47. The van der Waals surface area contributed by atoms with Gasteiger partial charge in [-0.2, -0.15) is 0 Å². The van der Waals surface area contributed by atoms with Crippen molar-refractivity contribution in [2.24, 2.45) is 5.73 Å². The Morgan fingerprint density at radius 3 is 2.55 bits per heavy atom. The first-order chi connectivity index (χ1) is 9.21. The number of carbonyl (C=O) groups is 1. The van der Waals surface area contributed by atoms with Gasteiger partial charge in [-0.15, -0.1) is 0 Å². The normalized spacial score (nSPS) is 24.1. The molecule has 1 aromatic carbocycles. The summed E-state index contributed by atoms with van der Waals surface area (Å²) in [5.41, 5.74) is 5.75. The van der Waals surface area contributed by atoms with E-state index in [4.69, 9.17) is 5.73 Å². The van der Waals surface area contributed by atoms with E-state index in [0.29, 0.717) is 12.8 Å². The van der Waals surface area contributed by atoms with Crippen molar-refractivity contribution in [3.63, 3.8) is 0 Å². The Bertz CT molecular complexity index is 525. The predicted molar refractivity (Wildman–Crippen MR) is 72.9 cm³/mol. The zero-order valence-electron chi connectivity index (χ0n) is 12.0. The van der Waals surface area contributed by atoms with Gasteiger partial charge < -0.3 is 10.6 Å². The number of amides is 1. The Hall–Kier alpha value is -1.49. The molecule has 3 nitrogen and oxygen atoms in total. The van der Waals surface area contributed by atoms with Crippen LogP contribution in [0.25, 0.3) is 0 Å². The standard InChI is InChI=1S/C15H20F2N2O/c1-15(2,3)19-13(20)7-6-12(18)14(19)10-8-9(16)4-5-11(10)17/h4-5,8,12,14H,6-7,18H2,1-3H3. The van der Waals surface area contributed by atoms with Gasteiger partial charge in [-0.05, 0) is 45.4 Å². The number of nitrogens with zero attached hydrogens (tertiary/aromatic N) is 1. The zero-order chi connectivity index (χ0) is 15.1. The number of benzene rings is 1. The fourth-order valence-corrected chi connectivity index (χ4v) is 2.82. The van der Waals surface area contributed by atoms with Crippen LogP contribution < -0.4 is 5.73 Å². The summed E-state index contributed by atoms with van der Waals surface area (Å²) in [5.74, 6) is -1.14. The smallest absolute Gasteiger partial charge is 0.223 e. The van der Waals surface area contributed by atoms with Crippen molar-refractivity contribution in [2.45, 2.75) is 51.2 Å². The van der Waals surface area contributed by atoms with Crippen LogP contribution in [-0.2, 0) is 4.79 Å². The first kappa shape index (κ1) is 14.9. The van der Waals surface area contributed by atoms with Gasteiger partial charge in [0.05, 0.1) is 6.04 Å². The lowest BCUT2D eigenvalue weighted by atomic mass is 9.86. The summed E-state index contributed by atoms with van der Waals surface area (Å²) in [6, 6.07) is 2.25. The third kappa shape index (κ3) is 2.68. The summed E-state index contributed by atoms with van der Waals surface area (Å²) >= 11 is 0. The molecule has 0 aromatic heterocycles. The summed E-state index contributed by atoms with van der Waals surface area (Å²) in [6.45, 7) is 5.60. The topological polar surface area (TPSA) is 46.3 Å². The van der Waals surface area contributed by atoms with Crippen LogP contribution in [-0.4, -0.2) is 22.4 Å². The van der Waals surface area contributed by atoms with Gasteiger partial charge >= 0.3 is 0 Å². The average molecular weight is 282 g/mol. The molecule has 1 saturated heterocycles. The van der Waals surface area contributed by atoms with Crippen LogP contribution in [0.15, 0.2) is 18.2 Å². The highest BCUT2D eigenvalue weighted by Gasteiger charge is 2.41. The zero-order valence-corrected chi connectivity index (χ0v) is 12.0. The maximum atomic E-state index is 14.1. The molecule has 5 heteroatoms. The van der Waals surface area contributed by atoms with Gasteiger partial charge in [-0.25, -0.2) is 8.78 Å². The van der Waals surface area contributed by atoms with Crippen molar-refractivity contribution in [2.75, 3.05) is 0 Å². The molecule has 2 atom stereocenters. The van der Waals surface area contributed by atoms with Crippen molar-refractivity contribution >= 4 is 5.91 Å². The van der Waals surface area contributed by atoms with Crippen LogP contribution >= 0.6 is 0 Å². The molecule has 1 fully saturated rings. The maximum Gasteiger partial charge on any atom is 0.223 e. The maximum absolute atomic E-state index is 14.1. The van der Waals surface area contributed by atoms with Crippen molar-refractivity contribution in [3.8, 4) is 0 Å². The Morgan fingerprint density at radius 1 is 1.30 bits per heavy atom. The Morgan fingerprint density at radius 2 is 1.95 bits per heavy atom. The molecule has 0 radical (unpaired) electrons. The minimum absolute atomic E-state index is 0.0761. The Kier molecular flexibility index (Phi) is 3.82. The van der Waals surface area contributed by atoms with Crippen molar-refractivity contribution < 1.29 is 13.6 Å². The van der Waals surface area contributed by atoms with Crippen LogP contribution in [0, 0.1) is 11.6 Å². The minimum Gasteiger partial charge on any atom is -0.329 e. The number of halogens is 2. The second-order valence-corrected chi connectivity index (χ2v) is 6.25. The molecule has 2 rings (SSSR count). The van der Waals surface area contributed by atoms with E-state index < -0.39 is 29.3 Å². The average Bonchev–Trinajstić information content (AvgIpc) is 2.33. The highest BCUT2D eigenvalue weighted by Crippen LogP contribution is 2.37. The lowest BCUT2D eigenvalue weighted by Crippen LogP contribution is -2.56. The molecule has 0 saturated carbocycles. The SMILES string of the molecule is CC(C)(C)N1C(=O)CCC(N)C1c1cc(F)ccc1F. The second-order valence-electron chi connectivity index (χ2n) is 6.25. The second kappa shape index (κ2) is 5.13. The molecule has 2 unspecified atom stereocenters. The van der Waals surface area contributed by atoms with Crippen LogP contribution in [0.3, 0.4) is 0 Å². The molecule has 2 N–H and O–H groups in total. The van der Waals surface area contributed by atoms with Gasteiger partial charge in [0.2, 0.25) is 5.91 Å². The highest BCUT2D eigenvalue weighted by atomic mass is 19.1. The van der Waals surface area contributed by atoms with E-state index in [2.05, 4.69) is 0 Å². The van der Waals surface area contributed by atoms with Gasteiger partial charge in [0.15, 0.2) is 0 Å². The third-order valence-corrected chi connectivity index (χ3v) is 3.64. The van der Waals surface area contributed by atoms with Crippen LogP contribution in [0.4, 0.5) is 8.78 Å². The minimum atomic E-state index is -0.632. The number of carbonyl (C=O) groups excluding carboxylic acids is 1. The molecular formula is C15H20F2N2O. The number of likely N-dealkylation sites (tertiary alicyclic amines) is 1. The molecule has 0 spiro atoms. The van der Waals surface area contributed by atoms with Crippen LogP contribution in [0.2, 0.25) is 0 Å². The molecule has 1 aliphatic heterocycles. The van der Waals surface area contributed by atoms with E-state index in [-0.39, 0.29) is 11.5 Å². The molecule has 1 aromatic rings. The Balaban J connectivity index is 2.53. The van der Waals surface area contributed by atoms with Gasteiger partial charge in [-0.3, -0.25) is 4.79 Å². The summed E-state index contributed by atoms with van der Waals surface area (Å²) in [6.07, 6.45) is 0.817. The van der Waals surface area contributed by atoms with E-state index >= 15 is 0 Å². The van der Waals surface area contributed by atoms with Gasteiger partial charge in [0.25, 0.3) is 0 Å². The molecule has 0 bridgehead atoms. The first-order valence-corrected chi connectivity index (χ1v) is 6.74. The molecule has 0 aliphatic carbocycles. The van der Waals surface area contributed by atoms with Gasteiger partial charge in [0.1, 0.15) is 11.6 Å². The molecule has 1 aliphatic rings. The number of piperidine rings is 1. The summed E-state index contributed by atoms with van der Waals surface area (Å²) in [4.78, 5) is 13.8. The van der Waals surface area contributed by atoms with E-state index in [1.165, 1.54) is 0 Å². The number of hydrogen-bond donors (Lipinski definition) is 1. The van der Waals surface area contributed by atoms with E-state index in [1.54, 1.807) is 4.90 Å². The lowest BCUT2D eigenvalue weighted by molar-refractivity contribution is -0.144. The third-order valence-electron chi connectivity index (χ3n) is 3.64. The van der Waals surface area contributed by atoms with Gasteiger partial charge in [0, 0.05) is 23.6 Å². The largest absolute Gasteiger partial charge is 0.329 e. The van der Waals surface area contributed by atoms with Crippen molar-refractivity contribution in [1.29, 1.82) is 0 Å². The molecule has 20 heavy (non-hydrogen) atoms. The van der Waals surface area contributed by atoms with E-state index in [1.807, 2.05) is 20.8 Å². The molecule has 1 heterocycles. The molecule has 1 amide bonds. The fraction of sp³-hybridized carbons (Fsp3) is 0.533. The Labute approximate surface area is 117 Å². The van der Waals surface area contributed by atoms with Crippen LogP contribution in [0.5, 0.6) is 0 Å². The molecule has 110 valence electrons. The monoisotopic (exact) mass is 282 g/mol. The predicted octanol–water partition coefficient (Wildman–Crippen LogP) is 2.75. The van der Waals surface area contributed by atoms with E-state index in [9.17, 15) is 13.6 Å². The number of rotatable bonds is 1. The molecular weight excluding hydrogens is 262 g/mol. The quantitative estimate of drug-likeness (QED) is 0.861. The number of nitrogens with two attached hydrogens (primary N) is 1. The van der Waals surface area contributed by atoms with Crippen molar-refractivity contribution in [1.82, 2.24) is 4.90 Å². The summed E-state index contributed by atoms with van der Waals surface area (Å²) < 4.78 is 27.5. The van der Waals surface area contributed by atoms with Gasteiger partial charge in [-0.1, -0.05) is 0 Å². The summed E-state index contributed by atoms with van der Waals surface area (Å²) in [7, 11) is 0. The fourth-order valence-electron chi connectivity index (χ4n) is 2.82. The van der Waals surface area contributed by atoms with Crippen LogP contribution in [0.1, 0.15) is 45.2 Å².